The second kappa shape index (κ2) is 10.3. The van der Waals surface area contributed by atoms with Crippen LogP contribution in [0.15, 0.2) is 48.5 Å². The van der Waals surface area contributed by atoms with Gasteiger partial charge in [-0.25, -0.2) is 0 Å². The third-order valence-corrected chi connectivity index (χ3v) is 5.08. The Morgan fingerprint density at radius 3 is 1.45 bits per heavy atom. The summed E-state index contributed by atoms with van der Waals surface area (Å²) < 4.78 is 4.16. The van der Waals surface area contributed by atoms with Gasteiger partial charge < -0.3 is 12.8 Å². The Morgan fingerprint density at radius 2 is 1.09 bits per heavy atom. The average molecular weight is 399 g/mol. The summed E-state index contributed by atoms with van der Waals surface area (Å²) in [5.74, 6) is 0. The zero-order valence-electron chi connectivity index (χ0n) is 14.3. The van der Waals surface area contributed by atoms with E-state index < -0.39 is 0 Å². The van der Waals surface area contributed by atoms with Crippen molar-refractivity contribution in [2.45, 2.75) is 0 Å². The summed E-state index contributed by atoms with van der Waals surface area (Å²) in [6.07, 6.45) is 0. The minimum atomic E-state index is 0. The first-order chi connectivity index (χ1) is 9.72. The molecule has 0 unspecified atom stereocenters. The van der Waals surface area contributed by atoms with Crippen LogP contribution in [0, 0.1) is 7.91 Å². The average Bonchev–Trinajstić information content (AvgIpc) is 2.99. The minimum Gasteiger partial charge on any atom is -1.00 e. The molecule has 0 aliphatic rings. The minimum absolute atomic E-state index is 0. The molecule has 4 rings (SSSR count). The molecule has 2 N–H and O–H groups in total. The van der Waals surface area contributed by atoms with Gasteiger partial charge in [0.05, 0.1) is 20.4 Å². The molecule has 2 aromatic heterocycles. The van der Waals surface area contributed by atoms with E-state index >= 15 is 0 Å². The van der Waals surface area contributed by atoms with Crippen molar-refractivity contribution in [3.05, 3.63) is 56.4 Å². The SMILES string of the molecule is S=c1[nH]c2ccccc2s1.S=c1[nH]c2ccccc2s1.[H-].[H-].[K+].[Na+]. The molecule has 104 valence electrons. The molecule has 0 fully saturated rings. The fourth-order valence-corrected chi connectivity index (χ4v) is 4.02. The van der Waals surface area contributed by atoms with Crippen molar-refractivity contribution in [2.75, 3.05) is 0 Å². The van der Waals surface area contributed by atoms with Crippen LogP contribution < -0.4 is 80.9 Å². The van der Waals surface area contributed by atoms with Crippen LogP contribution in [0.3, 0.4) is 0 Å². The standard InChI is InChI=1S/2C7H5NS2.K.Na.2H/c2*9-7-8-5-3-1-2-4-6(5)10-7;;;;/h2*1-4H,(H,8,9);;;;/q;;2*+1;2*-1. The number of nitrogens with one attached hydrogen (secondary N) is 2. The Morgan fingerprint density at radius 1 is 0.727 bits per heavy atom. The maximum Gasteiger partial charge on any atom is 1.00 e. The Labute approximate surface area is 214 Å². The molecule has 0 aliphatic carbocycles. The van der Waals surface area contributed by atoms with E-state index in [0.29, 0.717) is 0 Å². The number of aromatic nitrogens is 2. The van der Waals surface area contributed by atoms with Crippen molar-refractivity contribution in [3.8, 4) is 0 Å². The van der Waals surface area contributed by atoms with Crippen molar-refractivity contribution in [1.82, 2.24) is 9.97 Å². The Bertz CT molecular complexity index is 827. The van der Waals surface area contributed by atoms with Gasteiger partial charge in [0.2, 0.25) is 0 Å². The van der Waals surface area contributed by atoms with Crippen LogP contribution in [0.5, 0.6) is 0 Å². The third kappa shape index (κ3) is 5.68. The fraction of sp³-hybridized carbons (Fsp3) is 0. The van der Waals surface area contributed by atoms with Gasteiger partial charge in [-0.2, -0.15) is 0 Å². The van der Waals surface area contributed by atoms with E-state index in [1.807, 2.05) is 36.4 Å². The second-order valence-electron chi connectivity index (χ2n) is 4.02. The molecule has 0 saturated heterocycles. The van der Waals surface area contributed by atoms with Crippen molar-refractivity contribution in [2.24, 2.45) is 0 Å². The van der Waals surface area contributed by atoms with E-state index in [4.69, 9.17) is 24.4 Å². The predicted octanol–water partition coefficient (Wildman–Crippen LogP) is 0.151. The van der Waals surface area contributed by atoms with E-state index in [1.165, 1.54) is 9.40 Å². The van der Waals surface area contributed by atoms with Crippen molar-refractivity contribution >= 4 is 67.5 Å². The number of para-hydroxylation sites is 2. The monoisotopic (exact) mass is 398 g/mol. The number of aromatic amines is 2. The topological polar surface area (TPSA) is 31.6 Å². The number of hydrogen-bond donors (Lipinski definition) is 2. The van der Waals surface area contributed by atoms with Gasteiger partial charge in [-0.05, 0) is 48.7 Å². The van der Waals surface area contributed by atoms with Crippen LogP contribution in [0.4, 0.5) is 0 Å². The Hall–Kier alpha value is 1.30. The van der Waals surface area contributed by atoms with Gasteiger partial charge in [-0.1, -0.05) is 24.3 Å². The zero-order chi connectivity index (χ0) is 13.9. The molecule has 0 radical (unpaired) electrons. The van der Waals surface area contributed by atoms with Gasteiger partial charge in [0.1, 0.15) is 0 Å². The fourth-order valence-electron chi connectivity index (χ4n) is 1.79. The molecule has 8 heteroatoms. The first-order valence-electron chi connectivity index (χ1n) is 5.88. The maximum absolute atomic E-state index is 4.98. The summed E-state index contributed by atoms with van der Waals surface area (Å²) in [6, 6.07) is 16.2. The van der Waals surface area contributed by atoms with Gasteiger partial charge in [0, 0.05) is 0 Å². The van der Waals surface area contributed by atoms with Crippen LogP contribution in [0.2, 0.25) is 0 Å². The molecule has 2 aromatic carbocycles. The summed E-state index contributed by atoms with van der Waals surface area (Å²) in [4.78, 5) is 6.18. The molecular formula is C14H12KN2NaS4. The molecule has 2 nitrogen and oxygen atoms in total. The van der Waals surface area contributed by atoms with Gasteiger partial charge in [0.15, 0.2) is 7.91 Å². The van der Waals surface area contributed by atoms with Gasteiger partial charge >= 0.3 is 80.9 Å². The van der Waals surface area contributed by atoms with E-state index in [0.717, 1.165) is 18.9 Å². The summed E-state index contributed by atoms with van der Waals surface area (Å²) in [5, 5.41) is 0. The molecule has 0 atom stereocenters. The number of hydrogen-bond acceptors (Lipinski definition) is 4. The van der Waals surface area contributed by atoms with Crippen LogP contribution in [-0.2, 0) is 0 Å². The van der Waals surface area contributed by atoms with Crippen molar-refractivity contribution in [1.29, 1.82) is 0 Å². The van der Waals surface area contributed by atoms with Crippen LogP contribution in [-0.4, -0.2) is 9.97 Å². The van der Waals surface area contributed by atoms with Crippen molar-refractivity contribution < 1.29 is 83.8 Å². The number of fused-ring (bicyclic) bond motifs is 2. The van der Waals surface area contributed by atoms with E-state index in [-0.39, 0.29) is 83.8 Å². The first kappa shape index (κ1) is 21.3. The zero-order valence-corrected chi connectivity index (χ0v) is 20.6. The van der Waals surface area contributed by atoms with E-state index in [9.17, 15) is 0 Å². The molecule has 0 aliphatic heterocycles. The Kier molecular flexibility index (Phi) is 10.0. The van der Waals surface area contributed by atoms with Crippen LogP contribution in [0.1, 0.15) is 2.85 Å². The van der Waals surface area contributed by atoms with Crippen molar-refractivity contribution in [3.63, 3.8) is 0 Å². The van der Waals surface area contributed by atoms with Gasteiger partial charge in [0.25, 0.3) is 0 Å². The quantitative estimate of drug-likeness (QED) is 0.326. The summed E-state index contributed by atoms with van der Waals surface area (Å²) >= 11 is 13.2. The number of benzene rings is 2. The molecular weight excluding hydrogens is 387 g/mol. The molecule has 22 heavy (non-hydrogen) atoms. The van der Waals surface area contributed by atoms with Gasteiger partial charge in [-0.3, -0.25) is 0 Å². The summed E-state index contributed by atoms with van der Waals surface area (Å²) in [6.45, 7) is 0. The molecule has 0 saturated carbocycles. The molecule has 4 aromatic rings. The van der Waals surface area contributed by atoms with Crippen LogP contribution in [0.25, 0.3) is 20.4 Å². The van der Waals surface area contributed by atoms with Gasteiger partial charge in [-0.15, -0.1) is 22.7 Å². The normalized spacial score (nSPS) is 9.45. The maximum atomic E-state index is 4.98. The predicted molar refractivity (Wildman–Crippen MR) is 96.2 cm³/mol. The first-order valence-corrected chi connectivity index (χ1v) is 8.33. The second-order valence-corrected chi connectivity index (χ2v) is 7.46. The summed E-state index contributed by atoms with van der Waals surface area (Å²) in [5.41, 5.74) is 2.27. The van der Waals surface area contributed by atoms with Crippen LogP contribution >= 0.6 is 47.1 Å². The van der Waals surface area contributed by atoms with E-state index in [1.54, 1.807) is 22.7 Å². The molecule has 0 amide bonds. The van der Waals surface area contributed by atoms with E-state index in [2.05, 4.69) is 22.1 Å². The number of rotatable bonds is 0. The number of H-pyrrole nitrogens is 2. The molecule has 0 bridgehead atoms. The smallest absolute Gasteiger partial charge is 1.00 e. The summed E-state index contributed by atoms with van der Waals surface area (Å²) in [7, 11) is 0. The largest absolute Gasteiger partial charge is 1.00 e. The Balaban J connectivity index is 0. The molecule has 2 heterocycles. The molecule has 0 spiro atoms. The third-order valence-electron chi connectivity index (χ3n) is 2.65. The number of thiazole rings is 2.